The number of aromatic nitrogens is 2. The van der Waals surface area contributed by atoms with E-state index in [1.54, 1.807) is 7.11 Å². The van der Waals surface area contributed by atoms with E-state index in [2.05, 4.69) is 27.6 Å². The molecule has 7 heteroatoms. The number of nitrogens with zero attached hydrogens (tertiary/aromatic N) is 1. The molecular formula is C25H27N3O4. The van der Waals surface area contributed by atoms with Crippen LogP contribution < -0.4 is 10.1 Å². The predicted molar refractivity (Wildman–Crippen MR) is 121 cm³/mol. The summed E-state index contributed by atoms with van der Waals surface area (Å²) in [5, 5.41) is 10.7. The number of hydrogen-bond acceptors (Lipinski definition) is 5. The van der Waals surface area contributed by atoms with E-state index in [0.29, 0.717) is 18.7 Å². The normalized spacial score (nSPS) is 18.7. The summed E-state index contributed by atoms with van der Waals surface area (Å²) in [5.74, 6) is 0.153. The lowest BCUT2D eigenvalue weighted by Gasteiger charge is -2.17. The summed E-state index contributed by atoms with van der Waals surface area (Å²) in [6.45, 7) is 4.64. The number of aryl methyl sites for hydroxylation is 1. The van der Waals surface area contributed by atoms with Gasteiger partial charge in [0.15, 0.2) is 5.79 Å². The number of methoxy groups -OCH3 is 1. The smallest absolute Gasteiger partial charge is 0.251 e. The molecule has 2 aromatic carbocycles. The highest BCUT2D eigenvalue weighted by atomic mass is 16.7. The van der Waals surface area contributed by atoms with Gasteiger partial charge < -0.3 is 19.5 Å². The molecule has 1 aliphatic carbocycles. The molecule has 1 aromatic heterocycles. The predicted octanol–water partition coefficient (Wildman–Crippen LogP) is 3.73. The topological polar surface area (TPSA) is 85.5 Å². The van der Waals surface area contributed by atoms with Crippen molar-refractivity contribution >= 4 is 5.91 Å². The van der Waals surface area contributed by atoms with Crippen LogP contribution in [-0.2, 0) is 22.3 Å². The number of H-pyrrole nitrogens is 1. The first-order chi connectivity index (χ1) is 15.4. The lowest BCUT2D eigenvalue weighted by atomic mass is 9.87. The summed E-state index contributed by atoms with van der Waals surface area (Å²) in [5.41, 5.74) is 7.24. The Balaban J connectivity index is 1.30. The number of benzene rings is 2. The van der Waals surface area contributed by atoms with Crippen LogP contribution in [0.5, 0.6) is 5.75 Å². The van der Waals surface area contributed by atoms with E-state index in [4.69, 9.17) is 14.2 Å². The second-order valence-corrected chi connectivity index (χ2v) is 8.69. The Bertz CT molecular complexity index is 1150. The molecule has 2 N–H and O–H groups in total. The van der Waals surface area contributed by atoms with Crippen LogP contribution in [0, 0.1) is 0 Å². The lowest BCUT2D eigenvalue weighted by Crippen LogP contribution is -2.34. The number of ether oxygens (including phenoxy) is 3. The van der Waals surface area contributed by atoms with Crippen molar-refractivity contribution in [2.75, 3.05) is 20.3 Å². The summed E-state index contributed by atoms with van der Waals surface area (Å²) in [6.07, 6.45) is 1.71. The van der Waals surface area contributed by atoms with Gasteiger partial charge in [-0.3, -0.25) is 9.89 Å². The molecule has 1 saturated heterocycles. The Hall–Kier alpha value is -3.16. The number of rotatable bonds is 5. The van der Waals surface area contributed by atoms with Crippen LogP contribution in [0.1, 0.15) is 35.3 Å². The Morgan fingerprint density at radius 3 is 2.75 bits per heavy atom. The quantitative estimate of drug-likeness (QED) is 0.640. The number of carbonyl (C=O) groups is 1. The first kappa shape index (κ1) is 20.7. The van der Waals surface area contributed by atoms with Crippen molar-refractivity contribution in [1.82, 2.24) is 15.5 Å². The molecule has 0 radical (unpaired) electrons. The van der Waals surface area contributed by atoms with Crippen LogP contribution in [0.15, 0.2) is 42.5 Å². The fraction of sp³-hybridized carbons (Fsp3) is 0.360. The van der Waals surface area contributed by atoms with Crippen molar-refractivity contribution in [3.8, 4) is 28.3 Å². The van der Waals surface area contributed by atoms with Crippen molar-refractivity contribution in [3.05, 3.63) is 59.2 Å². The standard InChI is InChI=1S/C25H27N3O4/c1-25(2)31-14-19(32-25)13-26-24(29)16-6-4-15(5-7-16)22-21-10-8-17-12-18(30-3)9-11-20(17)23(21)28-27-22/h4-7,9,11-12,19H,8,10,13-14H2,1-3H3,(H,26,29)(H,27,28). The Kier molecular flexibility index (Phi) is 5.23. The third-order valence-corrected chi connectivity index (χ3v) is 6.07. The highest BCUT2D eigenvalue weighted by Gasteiger charge is 2.32. The van der Waals surface area contributed by atoms with Crippen molar-refractivity contribution < 1.29 is 19.0 Å². The minimum atomic E-state index is -0.591. The van der Waals surface area contributed by atoms with Crippen molar-refractivity contribution in [3.63, 3.8) is 0 Å². The third-order valence-electron chi connectivity index (χ3n) is 6.07. The van der Waals surface area contributed by atoms with Gasteiger partial charge in [-0.2, -0.15) is 5.10 Å². The van der Waals surface area contributed by atoms with Gasteiger partial charge >= 0.3 is 0 Å². The van der Waals surface area contributed by atoms with Gasteiger partial charge in [0.1, 0.15) is 11.9 Å². The molecule has 7 nitrogen and oxygen atoms in total. The van der Waals surface area contributed by atoms with E-state index in [0.717, 1.165) is 35.5 Å². The maximum absolute atomic E-state index is 12.5. The van der Waals surface area contributed by atoms with Crippen LogP contribution >= 0.6 is 0 Å². The molecule has 0 spiro atoms. The minimum Gasteiger partial charge on any atom is -0.497 e. The number of aromatic amines is 1. The molecule has 166 valence electrons. The molecule has 2 heterocycles. The van der Waals surface area contributed by atoms with Gasteiger partial charge in [0.25, 0.3) is 5.91 Å². The van der Waals surface area contributed by atoms with Gasteiger partial charge in [-0.15, -0.1) is 0 Å². The fourth-order valence-electron chi connectivity index (χ4n) is 4.43. The SMILES string of the molecule is COc1ccc2c(c1)CCc1c(-c3ccc(C(=O)NCC4COC(C)(C)O4)cc3)n[nH]c1-2. The number of hydrogen-bond donors (Lipinski definition) is 2. The Labute approximate surface area is 187 Å². The van der Waals surface area contributed by atoms with Crippen LogP contribution in [-0.4, -0.2) is 48.3 Å². The molecule has 1 atom stereocenters. The zero-order chi connectivity index (χ0) is 22.3. The molecule has 1 amide bonds. The van der Waals surface area contributed by atoms with Crippen LogP contribution in [0.2, 0.25) is 0 Å². The van der Waals surface area contributed by atoms with E-state index in [9.17, 15) is 4.79 Å². The molecule has 1 fully saturated rings. The molecule has 1 aliphatic heterocycles. The van der Waals surface area contributed by atoms with Crippen LogP contribution in [0.25, 0.3) is 22.5 Å². The maximum Gasteiger partial charge on any atom is 0.251 e. The molecule has 1 unspecified atom stereocenters. The summed E-state index contributed by atoms with van der Waals surface area (Å²) >= 11 is 0. The number of nitrogens with one attached hydrogen (secondary N) is 2. The second-order valence-electron chi connectivity index (χ2n) is 8.69. The molecule has 0 saturated carbocycles. The van der Waals surface area contributed by atoms with E-state index < -0.39 is 5.79 Å². The molecule has 32 heavy (non-hydrogen) atoms. The number of fused-ring (bicyclic) bond motifs is 3. The monoisotopic (exact) mass is 433 g/mol. The number of carbonyl (C=O) groups excluding carboxylic acids is 1. The summed E-state index contributed by atoms with van der Waals surface area (Å²) in [6, 6.07) is 13.7. The first-order valence-corrected chi connectivity index (χ1v) is 10.9. The summed E-state index contributed by atoms with van der Waals surface area (Å²) in [4.78, 5) is 12.5. The zero-order valence-electron chi connectivity index (χ0n) is 18.5. The van der Waals surface area contributed by atoms with Gasteiger partial charge in [-0.05, 0) is 62.6 Å². The van der Waals surface area contributed by atoms with Gasteiger partial charge in [-0.1, -0.05) is 12.1 Å². The lowest BCUT2D eigenvalue weighted by molar-refractivity contribution is -0.137. The van der Waals surface area contributed by atoms with E-state index in [-0.39, 0.29) is 12.0 Å². The Morgan fingerprint density at radius 2 is 2.03 bits per heavy atom. The van der Waals surface area contributed by atoms with Crippen molar-refractivity contribution in [1.29, 1.82) is 0 Å². The second kappa shape index (κ2) is 8.07. The molecule has 2 aliphatic rings. The molecule has 0 bridgehead atoms. The van der Waals surface area contributed by atoms with E-state index in [1.165, 1.54) is 16.7 Å². The fourth-order valence-corrected chi connectivity index (χ4v) is 4.43. The van der Waals surface area contributed by atoms with Crippen LogP contribution in [0.4, 0.5) is 0 Å². The van der Waals surface area contributed by atoms with Crippen molar-refractivity contribution in [2.45, 2.75) is 38.6 Å². The van der Waals surface area contributed by atoms with Crippen LogP contribution in [0.3, 0.4) is 0 Å². The average Bonchev–Trinajstić information content (AvgIpc) is 3.40. The zero-order valence-corrected chi connectivity index (χ0v) is 18.5. The summed E-state index contributed by atoms with van der Waals surface area (Å²) < 4.78 is 16.6. The Morgan fingerprint density at radius 1 is 1.22 bits per heavy atom. The van der Waals surface area contributed by atoms with E-state index >= 15 is 0 Å². The molecule has 3 aromatic rings. The maximum atomic E-state index is 12.5. The highest BCUT2D eigenvalue weighted by Crippen LogP contribution is 2.38. The van der Waals surface area contributed by atoms with Gasteiger partial charge in [-0.25, -0.2) is 0 Å². The highest BCUT2D eigenvalue weighted by molar-refractivity contribution is 5.94. The van der Waals surface area contributed by atoms with Crippen molar-refractivity contribution in [2.24, 2.45) is 0 Å². The minimum absolute atomic E-state index is 0.128. The first-order valence-electron chi connectivity index (χ1n) is 10.9. The van der Waals surface area contributed by atoms with Gasteiger partial charge in [0.05, 0.1) is 25.1 Å². The molecule has 5 rings (SSSR count). The summed E-state index contributed by atoms with van der Waals surface area (Å²) in [7, 11) is 1.69. The molecular weight excluding hydrogens is 406 g/mol. The number of amides is 1. The van der Waals surface area contributed by atoms with Gasteiger partial charge in [0, 0.05) is 28.8 Å². The van der Waals surface area contributed by atoms with E-state index in [1.807, 2.05) is 44.2 Å². The average molecular weight is 434 g/mol. The van der Waals surface area contributed by atoms with Gasteiger partial charge in [0.2, 0.25) is 0 Å². The largest absolute Gasteiger partial charge is 0.497 e. The third kappa shape index (κ3) is 3.89.